The van der Waals surface area contributed by atoms with Gasteiger partial charge in [-0.05, 0) is 93.1 Å². The zero-order chi connectivity index (χ0) is 32.2. The zero-order valence-corrected chi connectivity index (χ0v) is 29.2. The van der Waals surface area contributed by atoms with Gasteiger partial charge in [-0.1, -0.05) is 68.2 Å². The first kappa shape index (κ1) is 32.4. The number of halogens is 2. The van der Waals surface area contributed by atoms with Crippen molar-refractivity contribution in [2.24, 2.45) is 10.9 Å². The Bertz CT molecular complexity index is 1520. The number of amides is 2. The van der Waals surface area contributed by atoms with Crippen LogP contribution in [-0.4, -0.2) is 68.9 Å². The molecule has 0 aliphatic carbocycles. The van der Waals surface area contributed by atoms with E-state index in [1.165, 1.54) is 11.8 Å². The lowest BCUT2D eigenvalue weighted by Gasteiger charge is -2.39. The van der Waals surface area contributed by atoms with E-state index < -0.39 is 11.6 Å². The smallest absolute Gasteiger partial charge is 0.263 e. The third-order valence-corrected chi connectivity index (χ3v) is 11.3. The van der Waals surface area contributed by atoms with Crippen molar-refractivity contribution in [2.75, 3.05) is 13.1 Å². The van der Waals surface area contributed by atoms with Gasteiger partial charge < -0.3 is 20.0 Å². The van der Waals surface area contributed by atoms with Gasteiger partial charge in [0.2, 0.25) is 5.91 Å². The number of rotatable bonds is 6. The van der Waals surface area contributed by atoms with E-state index >= 15 is 0 Å². The van der Waals surface area contributed by atoms with Crippen LogP contribution in [0.4, 0.5) is 0 Å². The molecule has 2 aromatic carbocycles. The first-order valence-electron chi connectivity index (χ1n) is 16.1. The highest BCUT2D eigenvalue weighted by Crippen LogP contribution is 2.56. The van der Waals surface area contributed by atoms with Crippen molar-refractivity contribution in [3.05, 3.63) is 80.3 Å². The molecule has 0 saturated carbocycles. The minimum Gasteiger partial charge on any atom is -0.338 e. The van der Waals surface area contributed by atoms with Gasteiger partial charge >= 0.3 is 0 Å². The van der Waals surface area contributed by atoms with Crippen LogP contribution < -0.4 is 5.32 Å². The van der Waals surface area contributed by atoms with Gasteiger partial charge in [0.15, 0.2) is 5.17 Å². The Morgan fingerprint density at radius 3 is 2.18 bits per heavy atom. The van der Waals surface area contributed by atoms with Crippen molar-refractivity contribution >= 4 is 51.9 Å². The maximum absolute atomic E-state index is 14.8. The van der Waals surface area contributed by atoms with Gasteiger partial charge in [-0.25, -0.2) is 4.99 Å². The van der Waals surface area contributed by atoms with E-state index in [2.05, 4.69) is 63.9 Å². The quantitative estimate of drug-likeness (QED) is 0.353. The fourth-order valence-electron chi connectivity index (χ4n) is 7.73. The summed E-state index contributed by atoms with van der Waals surface area (Å²) in [7, 11) is 0. The maximum atomic E-state index is 14.8. The molecule has 4 aliphatic heterocycles. The minimum absolute atomic E-state index is 0.0227. The van der Waals surface area contributed by atoms with Gasteiger partial charge in [-0.15, -0.1) is 0 Å². The van der Waals surface area contributed by atoms with Crippen LogP contribution in [-0.2, 0) is 15.1 Å². The second-order valence-corrected chi connectivity index (χ2v) is 15.3. The monoisotopic (exact) mass is 667 g/mol. The lowest BCUT2D eigenvalue weighted by molar-refractivity contribution is -0.144. The van der Waals surface area contributed by atoms with Gasteiger partial charge in [0.1, 0.15) is 16.5 Å². The normalized spacial score (nSPS) is 29.9. The summed E-state index contributed by atoms with van der Waals surface area (Å²) >= 11 is 14.1. The van der Waals surface area contributed by atoms with E-state index in [0.29, 0.717) is 34.5 Å². The predicted octanol–water partition coefficient (Wildman–Crippen LogP) is 7.21. The summed E-state index contributed by atoms with van der Waals surface area (Å²) < 4.78 is 0. The van der Waals surface area contributed by atoms with Crippen LogP contribution in [0.25, 0.3) is 0 Å². The van der Waals surface area contributed by atoms with Gasteiger partial charge in [-0.3, -0.25) is 9.59 Å². The molecule has 0 spiro atoms. The van der Waals surface area contributed by atoms with Crippen LogP contribution >= 0.6 is 35.0 Å². The summed E-state index contributed by atoms with van der Waals surface area (Å²) in [6, 6.07) is 15.6. The lowest BCUT2D eigenvalue weighted by atomic mass is 9.81. The highest BCUT2D eigenvalue weighted by molar-refractivity contribution is 8.18. The summed E-state index contributed by atoms with van der Waals surface area (Å²) in [6.07, 6.45) is 2.33. The second-order valence-electron chi connectivity index (χ2n) is 13.4. The van der Waals surface area contributed by atoms with E-state index in [1.807, 2.05) is 46.2 Å². The number of carbonyl (C=O) groups excluding carboxylic acids is 2. The minimum atomic E-state index is -0.636. The molecule has 2 saturated heterocycles. The van der Waals surface area contributed by atoms with E-state index in [4.69, 9.17) is 28.2 Å². The number of benzene rings is 2. The van der Waals surface area contributed by atoms with Crippen LogP contribution in [0.3, 0.4) is 0 Å². The first-order valence-corrected chi connectivity index (χ1v) is 17.7. The molecule has 6 atom stereocenters. The maximum Gasteiger partial charge on any atom is 0.263 e. The van der Waals surface area contributed by atoms with Gasteiger partial charge in [0.05, 0.1) is 6.04 Å². The third-order valence-electron chi connectivity index (χ3n) is 9.73. The van der Waals surface area contributed by atoms with E-state index in [-0.39, 0.29) is 41.9 Å². The van der Waals surface area contributed by atoms with Crippen LogP contribution in [0.1, 0.15) is 78.0 Å². The number of amidine groups is 1. The van der Waals surface area contributed by atoms with Gasteiger partial charge in [-0.2, -0.15) is 0 Å². The average Bonchev–Trinajstić information content (AvgIpc) is 3.67. The predicted molar refractivity (Wildman–Crippen MR) is 184 cm³/mol. The molecule has 10 heteroatoms. The van der Waals surface area contributed by atoms with Crippen molar-refractivity contribution < 1.29 is 9.59 Å². The molecule has 2 aromatic rings. The van der Waals surface area contributed by atoms with E-state index in [1.54, 1.807) is 0 Å². The number of piperazine rings is 1. The molecule has 240 valence electrons. The van der Waals surface area contributed by atoms with Gasteiger partial charge in [0.25, 0.3) is 5.91 Å². The first-order chi connectivity index (χ1) is 21.4. The van der Waals surface area contributed by atoms with Crippen LogP contribution in [0.2, 0.25) is 10.0 Å². The number of carbonyl (C=O) groups is 2. The van der Waals surface area contributed by atoms with Crippen LogP contribution in [0.5, 0.6) is 0 Å². The Morgan fingerprint density at radius 1 is 1.00 bits per heavy atom. The van der Waals surface area contributed by atoms with Crippen molar-refractivity contribution in [2.45, 2.75) is 96.6 Å². The highest BCUT2D eigenvalue weighted by Gasteiger charge is 2.54. The van der Waals surface area contributed by atoms with Crippen molar-refractivity contribution in [3.8, 4) is 0 Å². The number of thioether (sulfide) groups is 1. The number of allylic oxidation sites excluding steroid dienone is 1. The summed E-state index contributed by atoms with van der Waals surface area (Å²) in [4.78, 5) is 41.1. The van der Waals surface area contributed by atoms with Gasteiger partial charge in [0, 0.05) is 47.0 Å². The SMILES string of the molecule is CC[C@@H]1CC[C@@H](C(=O)N2C[C@@H](C)N[C@@H](C)C2)N1C(=O)C1=C(C(C)C)N2C(=N[C@@](C)(c3ccc(Cl)cc3)[C@H]2c2ccc(Cl)cc2)S1. The zero-order valence-electron chi connectivity index (χ0n) is 26.9. The molecule has 4 heterocycles. The molecular weight excluding hydrogens is 625 g/mol. The van der Waals surface area contributed by atoms with Crippen molar-refractivity contribution in [3.63, 3.8) is 0 Å². The molecule has 45 heavy (non-hydrogen) atoms. The average molecular weight is 669 g/mol. The summed E-state index contributed by atoms with van der Waals surface area (Å²) in [5.74, 6) is 0.0578. The standard InChI is InChI=1S/C35H43Cl2N5O2S/c1-7-27-16-17-28(32(43)40-18-21(4)38-22(5)19-40)41(27)33(44)30-29(20(2)3)42-31(23-8-12-25(36)13-9-23)35(6,39-34(42)45-30)24-10-14-26(37)15-11-24/h8-15,20-22,27-28,31,38H,7,16-19H2,1-6H3/t21-,22+,27-,28+,31-,35+/m1/s1. The summed E-state index contributed by atoms with van der Waals surface area (Å²) in [6.45, 7) is 14.1. The number of hydrogen-bond acceptors (Lipinski definition) is 6. The fourth-order valence-corrected chi connectivity index (χ4v) is 9.34. The number of aliphatic imine (C=N–C) groups is 1. The summed E-state index contributed by atoms with van der Waals surface area (Å²) in [5, 5.41) is 5.66. The highest BCUT2D eigenvalue weighted by atomic mass is 35.5. The molecule has 6 rings (SSSR count). The van der Waals surface area contributed by atoms with Crippen LogP contribution in [0.15, 0.2) is 64.1 Å². The number of nitrogens with zero attached hydrogens (tertiary/aromatic N) is 4. The Balaban J connectivity index is 1.40. The van der Waals surface area contributed by atoms with Crippen LogP contribution in [0, 0.1) is 5.92 Å². The Morgan fingerprint density at radius 2 is 1.60 bits per heavy atom. The largest absolute Gasteiger partial charge is 0.338 e. The molecule has 1 N–H and O–H groups in total. The van der Waals surface area contributed by atoms with Crippen molar-refractivity contribution in [1.82, 2.24) is 20.0 Å². The number of nitrogens with one attached hydrogen (secondary N) is 1. The number of hydrogen-bond donors (Lipinski definition) is 1. The molecule has 0 unspecified atom stereocenters. The summed E-state index contributed by atoms with van der Waals surface area (Å²) in [5.41, 5.74) is 2.42. The third kappa shape index (κ3) is 5.81. The van der Waals surface area contributed by atoms with Crippen molar-refractivity contribution in [1.29, 1.82) is 0 Å². The molecule has 0 radical (unpaired) electrons. The molecular formula is C35H43Cl2N5O2S. The molecule has 7 nitrogen and oxygen atoms in total. The fraction of sp³-hybridized carbons (Fsp3) is 0.514. The molecule has 4 aliphatic rings. The Labute approximate surface area is 281 Å². The van der Waals surface area contributed by atoms with E-state index in [0.717, 1.165) is 34.8 Å². The molecule has 0 aromatic heterocycles. The molecule has 2 amide bonds. The number of likely N-dealkylation sites (tertiary alicyclic amines) is 1. The Hall–Kier alpha value is -2.52. The lowest BCUT2D eigenvalue weighted by Crippen LogP contribution is -2.59. The molecule has 0 bridgehead atoms. The second kappa shape index (κ2) is 12.6. The Kier molecular flexibility index (Phi) is 9.07. The van der Waals surface area contributed by atoms with E-state index in [9.17, 15) is 9.59 Å². The molecule has 2 fully saturated rings. The topological polar surface area (TPSA) is 68.2 Å². The number of fused-ring (bicyclic) bond motifs is 1.